The minimum Gasteiger partial charge on any atom is -0.242 e. The highest BCUT2D eigenvalue weighted by Crippen LogP contribution is 2.29. The van der Waals surface area contributed by atoms with Crippen molar-refractivity contribution in [1.29, 1.82) is 0 Å². The molecular formula is C10H21NOS. The van der Waals surface area contributed by atoms with Crippen LogP contribution in [0.25, 0.3) is 0 Å². The van der Waals surface area contributed by atoms with Crippen LogP contribution in [0.5, 0.6) is 0 Å². The van der Waals surface area contributed by atoms with Crippen LogP contribution in [0.1, 0.15) is 47.0 Å². The lowest BCUT2D eigenvalue weighted by Crippen LogP contribution is -2.43. The molecule has 1 saturated carbocycles. The Kier molecular flexibility index (Phi) is 3.52. The Labute approximate surface area is 84.1 Å². The number of nitrogens with one attached hydrogen (secondary N) is 1. The monoisotopic (exact) mass is 203 g/mol. The third kappa shape index (κ3) is 3.06. The van der Waals surface area contributed by atoms with Crippen molar-refractivity contribution in [2.24, 2.45) is 5.92 Å². The summed E-state index contributed by atoms with van der Waals surface area (Å²) >= 11 is 0. The predicted molar refractivity (Wildman–Crippen MR) is 57.8 cm³/mol. The van der Waals surface area contributed by atoms with E-state index in [2.05, 4.69) is 11.6 Å². The zero-order valence-electron chi connectivity index (χ0n) is 9.09. The maximum atomic E-state index is 11.7. The van der Waals surface area contributed by atoms with Crippen LogP contribution >= 0.6 is 0 Å². The lowest BCUT2D eigenvalue weighted by atomic mass is 9.81. The molecule has 0 amide bonds. The first kappa shape index (κ1) is 11.2. The number of hydrogen-bond acceptors (Lipinski definition) is 1. The van der Waals surface area contributed by atoms with Gasteiger partial charge >= 0.3 is 0 Å². The molecule has 2 nitrogen and oxygen atoms in total. The maximum absolute atomic E-state index is 11.7. The van der Waals surface area contributed by atoms with Crippen molar-refractivity contribution in [3.05, 3.63) is 0 Å². The third-order valence-corrected chi connectivity index (χ3v) is 4.40. The average Bonchev–Trinajstić information content (AvgIpc) is 1.79. The SMILES string of the molecule is CC(NS(=O)C(C)(C)C)C1CCC1. The standard InChI is InChI=1S/C10H21NOS/c1-8(9-6-5-7-9)11-13(12)10(2,3)4/h8-9,11H,5-7H2,1-4H3. The van der Waals surface area contributed by atoms with Crippen LogP contribution in [0.2, 0.25) is 0 Å². The van der Waals surface area contributed by atoms with Crippen LogP contribution in [-0.2, 0) is 11.0 Å². The molecule has 0 aromatic carbocycles. The molecule has 1 fully saturated rings. The minimum absolute atomic E-state index is 0.141. The van der Waals surface area contributed by atoms with Gasteiger partial charge in [0, 0.05) is 6.04 Å². The van der Waals surface area contributed by atoms with Crippen molar-refractivity contribution >= 4 is 11.0 Å². The zero-order chi connectivity index (χ0) is 10.1. The van der Waals surface area contributed by atoms with E-state index < -0.39 is 11.0 Å². The Morgan fingerprint density at radius 1 is 1.38 bits per heavy atom. The first-order chi connectivity index (χ1) is 5.91. The van der Waals surface area contributed by atoms with E-state index in [1.165, 1.54) is 19.3 Å². The smallest absolute Gasteiger partial charge is 0.0972 e. The lowest BCUT2D eigenvalue weighted by molar-refractivity contribution is 0.261. The molecule has 3 heteroatoms. The first-order valence-corrected chi connectivity index (χ1v) is 6.24. The van der Waals surface area contributed by atoms with Crippen LogP contribution in [0.3, 0.4) is 0 Å². The van der Waals surface area contributed by atoms with E-state index in [1.54, 1.807) is 0 Å². The molecule has 2 unspecified atom stereocenters. The molecule has 1 aliphatic rings. The second kappa shape index (κ2) is 4.09. The molecule has 0 spiro atoms. The second-order valence-corrected chi connectivity index (χ2v) is 6.98. The van der Waals surface area contributed by atoms with Gasteiger partial charge in [-0.3, -0.25) is 0 Å². The van der Waals surface area contributed by atoms with E-state index in [9.17, 15) is 4.21 Å². The van der Waals surface area contributed by atoms with Gasteiger partial charge in [0.15, 0.2) is 0 Å². The third-order valence-electron chi connectivity index (χ3n) is 2.71. The quantitative estimate of drug-likeness (QED) is 0.749. The Balaban J connectivity index is 2.35. The van der Waals surface area contributed by atoms with Gasteiger partial charge in [0.05, 0.1) is 15.7 Å². The highest BCUT2D eigenvalue weighted by molar-refractivity contribution is 7.84. The van der Waals surface area contributed by atoms with E-state index in [0.29, 0.717) is 6.04 Å². The molecule has 78 valence electrons. The second-order valence-electron chi connectivity index (χ2n) is 4.98. The predicted octanol–water partition coefficient (Wildman–Crippen LogP) is 2.23. The fourth-order valence-corrected chi connectivity index (χ4v) is 2.27. The summed E-state index contributed by atoms with van der Waals surface area (Å²) in [5, 5.41) is 0. The molecule has 0 heterocycles. The molecule has 0 aliphatic heterocycles. The van der Waals surface area contributed by atoms with Crippen LogP contribution in [-0.4, -0.2) is 15.0 Å². The summed E-state index contributed by atoms with van der Waals surface area (Å²) in [4.78, 5) is 0. The van der Waals surface area contributed by atoms with E-state index in [0.717, 1.165) is 5.92 Å². The van der Waals surface area contributed by atoms with Crippen LogP contribution < -0.4 is 4.72 Å². The summed E-state index contributed by atoms with van der Waals surface area (Å²) in [6, 6.07) is 0.411. The molecule has 0 aromatic heterocycles. The normalized spacial score (nSPS) is 23.7. The van der Waals surface area contributed by atoms with Gasteiger partial charge in [0.1, 0.15) is 0 Å². The maximum Gasteiger partial charge on any atom is 0.0972 e. The molecule has 1 aliphatic carbocycles. The molecule has 2 atom stereocenters. The molecule has 13 heavy (non-hydrogen) atoms. The van der Waals surface area contributed by atoms with Crippen molar-refractivity contribution in [3.8, 4) is 0 Å². The largest absolute Gasteiger partial charge is 0.242 e. The number of hydrogen-bond donors (Lipinski definition) is 1. The van der Waals surface area contributed by atoms with Gasteiger partial charge in [-0.05, 0) is 46.5 Å². The van der Waals surface area contributed by atoms with E-state index in [-0.39, 0.29) is 4.75 Å². The Morgan fingerprint density at radius 3 is 2.23 bits per heavy atom. The summed E-state index contributed by atoms with van der Waals surface area (Å²) in [5.41, 5.74) is 0. The molecule has 1 N–H and O–H groups in total. The minimum atomic E-state index is -0.906. The molecule has 0 radical (unpaired) electrons. The van der Waals surface area contributed by atoms with E-state index in [4.69, 9.17) is 0 Å². The fraction of sp³-hybridized carbons (Fsp3) is 1.00. The van der Waals surface area contributed by atoms with Gasteiger partial charge in [0.2, 0.25) is 0 Å². The van der Waals surface area contributed by atoms with Crippen molar-refractivity contribution in [2.75, 3.05) is 0 Å². The Hall–Kier alpha value is 0.110. The van der Waals surface area contributed by atoms with E-state index in [1.807, 2.05) is 20.8 Å². The zero-order valence-corrected chi connectivity index (χ0v) is 9.91. The van der Waals surface area contributed by atoms with E-state index >= 15 is 0 Å². The van der Waals surface area contributed by atoms with Crippen LogP contribution in [0.4, 0.5) is 0 Å². The molecular weight excluding hydrogens is 182 g/mol. The van der Waals surface area contributed by atoms with Crippen molar-refractivity contribution in [2.45, 2.75) is 57.7 Å². The average molecular weight is 203 g/mol. The first-order valence-electron chi connectivity index (χ1n) is 5.09. The topological polar surface area (TPSA) is 29.1 Å². The fourth-order valence-electron chi connectivity index (χ4n) is 1.38. The van der Waals surface area contributed by atoms with Gasteiger partial charge in [-0.2, -0.15) is 0 Å². The summed E-state index contributed by atoms with van der Waals surface area (Å²) in [6.45, 7) is 8.16. The lowest BCUT2D eigenvalue weighted by Gasteiger charge is -2.33. The van der Waals surface area contributed by atoms with Gasteiger partial charge in [-0.25, -0.2) is 8.93 Å². The molecule has 0 aromatic rings. The highest BCUT2D eigenvalue weighted by Gasteiger charge is 2.28. The summed E-state index contributed by atoms with van der Waals surface area (Å²) in [7, 11) is -0.906. The van der Waals surface area contributed by atoms with Crippen molar-refractivity contribution in [3.63, 3.8) is 0 Å². The molecule has 1 rings (SSSR count). The summed E-state index contributed by atoms with van der Waals surface area (Å²) in [5.74, 6) is 0.756. The van der Waals surface area contributed by atoms with Crippen molar-refractivity contribution < 1.29 is 4.21 Å². The summed E-state index contributed by atoms with van der Waals surface area (Å²) < 4.78 is 14.8. The summed E-state index contributed by atoms with van der Waals surface area (Å²) in [6.07, 6.45) is 3.95. The Morgan fingerprint density at radius 2 is 1.92 bits per heavy atom. The van der Waals surface area contributed by atoms with Gasteiger partial charge in [0.25, 0.3) is 0 Å². The number of rotatable bonds is 3. The van der Waals surface area contributed by atoms with Crippen LogP contribution in [0, 0.1) is 5.92 Å². The highest BCUT2D eigenvalue weighted by atomic mass is 32.2. The van der Waals surface area contributed by atoms with Gasteiger partial charge < -0.3 is 0 Å². The Bertz CT molecular complexity index is 194. The van der Waals surface area contributed by atoms with Gasteiger partial charge in [-0.1, -0.05) is 6.42 Å². The molecule has 0 saturated heterocycles. The van der Waals surface area contributed by atoms with Crippen LogP contribution in [0.15, 0.2) is 0 Å². The van der Waals surface area contributed by atoms with Crippen molar-refractivity contribution in [1.82, 2.24) is 4.72 Å². The molecule has 0 bridgehead atoms. The van der Waals surface area contributed by atoms with Gasteiger partial charge in [-0.15, -0.1) is 0 Å².